The zero-order valence-corrected chi connectivity index (χ0v) is 12.8. The average molecular weight is 265 g/mol. The van der Waals surface area contributed by atoms with E-state index in [4.69, 9.17) is 5.26 Å². The molecule has 0 spiro atoms. The first-order chi connectivity index (χ1) is 8.35. The number of aromatic nitrogens is 1. The van der Waals surface area contributed by atoms with Crippen molar-refractivity contribution in [2.45, 2.75) is 53.5 Å². The fourth-order valence-corrected chi connectivity index (χ4v) is 2.90. The first kappa shape index (κ1) is 15.1. The number of rotatable bonds is 6. The van der Waals surface area contributed by atoms with Crippen LogP contribution in [-0.2, 0) is 0 Å². The number of hydrogen-bond donors (Lipinski definition) is 1. The van der Waals surface area contributed by atoms with Gasteiger partial charge < -0.3 is 5.32 Å². The molecule has 0 saturated heterocycles. The van der Waals surface area contributed by atoms with E-state index in [1.807, 2.05) is 20.8 Å². The molecule has 0 saturated carbocycles. The van der Waals surface area contributed by atoms with Gasteiger partial charge in [-0.15, -0.1) is 11.3 Å². The molecule has 1 heterocycles. The molecule has 0 aliphatic carbocycles. The van der Waals surface area contributed by atoms with E-state index in [1.54, 1.807) is 11.3 Å². The Bertz CT molecular complexity index is 429. The van der Waals surface area contributed by atoms with E-state index in [0.717, 1.165) is 30.1 Å². The van der Waals surface area contributed by atoms with Gasteiger partial charge in [-0.1, -0.05) is 0 Å². The predicted molar refractivity (Wildman–Crippen MR) is 76.6 cm³/mol. The van der Waals surface area contributed by atoms with Crippen molar-refractivity contribution < 1.29 is 0 Å². The molecule has 4 heteroatoms. The minimum absolute atomic E-state index is 0.206. The van der Waals surface area contributed by atoms with E-state index in [-0.39, 0.29) is 5.41 Å². The van der Waals surface area contributed by atoms with Gasteiger partial charge in [0.15, 0.2) is 0 Å². The van der Waals surface area contributed by atoms with Gasteiger partial charge in [-0.2, -0.15) is 5.26 Å². The maximum absolute atomic E-state index is 8.94. The van der Waals surface area contributed by atoms with Crippen molar-refractivity contribution in [2.75, 3.05) is 6.54 Å². The summed E-state index contributed by atoms with van der Waals surface area (Å²) in [5.41, 5.74) is 0.928. The Kier molecular flexibility index (Phi) is 5.30. The number of thiazole rings is 1. The minimum atomic E-state index is -0.206. The molecule has 1 atom stereocenters. The van der Waals surface area contributed by atoms with Crippen molar-refractivity contribution >= 4 is 11.3 Å². The van der Waals surface area contributed by atoms with E-state index in [2.05, 4.69) is 30.2 Å². The van der Waals surface area contributed by atoms with Gasteiger partial charge in [-0.25, -0.2) is 4.98 Å². The molecule has 0 aliphatic heterocycles. The van der Waals surface area contributed by atoms with Crippen LogP contribution in [0, 0.1) is 30.6 Å². The van der Waals surface area contributed by atoms with E-state index in [1.165, 1.54) is 4.88 Å². The van der Waals surface area contributed by atoms with Gasteiger partial charge >= 0.3 is 0 Å². The fourth-order valence-electron chi connectivity index (χ4n) is 1.95. The third-order valence-corrected chi connectivity index (χ3v) is 4.32. The number of nitriles is 1. The second-order valence-electron chi connectivity index (χ2n) is 5.46. The number of aryl methyl sites for hydroxylation is 2. The first-order valence-corrected chi connectivity index (χ1v) is 7.26. The molecule has 1 aromatic rings. The summed E-state index contributed by atoms with van der Waals surface area (Å²) >= 11 is 1.76. The lowest BCUT2D eigenvalue weighted by atomic mass is 9.90. The van der Waals surface area contributed by atoms with Crippen LogP contribution in [0.3, 0.4) is 0 Å². The summed E-state index contributed by atoms with van der Waals surface area (Å²) in [5.74, 6) is 0. The van der Waals surface area contributed by atoms with E-state index in [0.29, 0.717) is 6.04 Å². The van der Waals surface area contributed by atoms with Gasteiger partial charge in [0, 0.05) is 10.9 Å². The summed E-state index contributed by atoms with van der Waals surface area (Å²) in [6, 6.07) is 2.69. The van der Waals surface area contributed by atoms with Gasteiger partial charge in [0.25, 0.3) is 0 Å². The van der Waals surface area contributed by atoms with Gasteiger partial charge in [0.05, 0.1) is 22.2 Å². The smallest absolute Gasteiger partial charge is 0.0900 e. The highest BCUT2D eigenvalue weighted by Gasteiger charge is 2.16. The maximum atomic E-state index is 8.94. The highest BCUT2D eigenvalue weighted by atomic mass is 32.1. The third kappa shape index (κ3) is 4.40. The molecule has 0 radical (unpaired) electrons. The van der Waals surface area contributed by atoms with Crippen molar-refractivity contribution in [1.29, 1.82) is 5.26 Å². The van der Waals surface area contributed by atoms with Gasteiger partial charge in [-0.3, -0.25) is 0 Å². The topological polar surface area (TPSA) is 48.7 Å². The highest BCUT2D eigenvalue weighted by molar-refractivity contribution is 7.11. The van der Waals surface area contributed by atoms with Gasteiger partial charge in [0.1, 0.15) is 0 Å². The molecule has 1 aromatic heterocycles. The standard InChI is InChI=1S/C14H23N3S/c1-10(13-11(2)17-12(3)18-13)16-8-6-7-14(4,5)9-15/h10,16H,6-8H2,1-5H3. The quantitative estimate of drug-likeness (QED) is 0.797. The first-order valence-electron chi connectivity index (χ1n) is 6.44. The Balaban J connectivity index is 2.37. The second-order valence-corrected chi connectivity index (χ2v) is 6.69. The fraction of sp³-hybridized carbons (Fsp3) is 0.714. The van der Waals surface area contributed by atoms with Crippen LogP contribution >= 0.6 is 11.3 Å². The van der Waals surface area contributed by atoms with Crippen molar-refractivity contribution in [1.82, 2.24) is 10.3 Å². The number of nitrogens with zero attached hydrogens (tertiary/aromatic N) is 2. The zero-order chi connectivity index (χ0) is 13.8. The maximum Gasteiger partial charge on any atom is 0.0900 e. The Morgan fingerprint density at radius 1 is 1.44 bits per heavy atom. The zero-order valence-electron chi connectivity index (χ0n) is 12.0. The molecule has 0 aromatic carbocycles. The third-order valence-electron chi connectivity index (χ3n) is 3.06. The highest BCUT2D eigenvalue weighted by Crippen LogP contribution is 2.25. The normalized spacial score (nSPS) is 13.3. The molecule has 0 aliphatic rings. The molecule has 1 rings (SSSR count). The molecule has 1 unspecified atom stereocenters. The Hall–Kier alpha value is -0.920. The molecule has 3 nitrogen and oxygen atoms in total. The van der Waals surface area contributed by atoms with E-state index < -0.39 is 0 Å². The van der Waals surface area contributed by atoms with Crippen LogP contribution in [0.1, 0.15) is 55.2 Å². The van der Waals surface area contributed by atoms with E-state index in [9.17, 15) is 0 Å². The molecule has 0 amide bonds. The van der Waals surface area contributed by atoms with Crippen LogP contribution in [0.2, 0.25) is 0 Å². The summed E-state index contributed by atoms with van der Waals surface area (Å²) < 4.78 is 0. The van der Waals surface area contributed by atoms with Gasteiger partial charge in [0.2, 0.25) is 0 Å². The number of hydrogen-bond acceptors (Lipinski definition) is 4. The largest absolute Gasteiger partial charge is 0.309 e. The molecule has 1 N–H and O–H groups in total. The Morgan fingerprint density at radius 3 is 2.61 bits per heavy atom. The molecule has 18 heavy (non-hydrogen) atoms. The summed E-state index contributed by atoms with van der Waals surface area (Å²) in [7, 11) is 0. The van der Waals surface area contributed by atoms with Crippen LogP contribution in [0.25, 0.3) is 0 Å². The number of nitrogens with one attached hydrogen (secondary N) is 1. The summed E-state index contributed by atoms with van der Waals surface area (Å²) in [5, 5.41) is 13.6. The lowest BCUT2D eigenvalue weighted by Crippen LogP contribution is -2.21. The monoisotopic (exact) mass is 265 g/mol. The van der Waals surface area contributed by atoms with Crippen molar-refractivity contribution in [2.24, 2.45) is 5.41 Å². The Morgan fingerprint density at radius 2 is 2.11 bits per heavy atom. The molecule has 0 bridgehead atoms. The van der Waals surface area contributed by atoms with Crippen LogP contribution < -0.4 is 5.32 Å². The van der Waals surface area contributed by atoms with Crippen LogP contribution in [-0.4, -0.2) is 11.5 Å². The lowest BCUT2D eigenvalue weighted by molar-refractivity contribution is 0.418. The van der Waals surface area contributed by atoms with Crippen LogP contribution in [0.5, 0.6) is 0 Å². The molecular weight excluding hydrogens is 242 g/mol. The summed E-state index contributed by atoms with van der Waals surface area (Å²) in [4.78, 5) is 5.77. The van der Waals surface area contributed by atoms with Crippen LogP contribution in [0.15, 0.2) is 0 Å². The predicted octanol–water partition coefficient (Wildman–Crippen LogP) is 3.74. The van der Waals surface area contributed by atoms with Gasteiger partial charge in [-0.05, 0) is 54.0 Å². The second kappa shape index (κ2) is 6.31. The lowest BCUT2D eigenvalue weighted by Gasteiger charge is -2.17. The molecular formula is C14H23N3S. The van der Waals surface area contributed by atoms with Crippen LogP contribution in [0.4, 0.5) is 0 Å². The molecule has 0 fully saturated rings. The van der Waals surface area contributed by atoms with Crippen molar-refractivity contribution in [3.63, 3.8) is 0 Å². The SMILES string of the molecule is Cc1nc(C)c(C(C)NCCCC(C)(C)C#N)s1. The van der Waals surface area contributed by atoms with E-state index >= 15 is 0 Å². The summed E-state index contributed by atoms with van der Waals surface area (Å²) in [6.45, 7) is 11.2. The minimum Gasteiger partial charge on any atom is -0.309 e. The van der Waals surface area contributed by atoms with Crippen molar-refractivity contribution in [3.8, 4) is 6.07 Å². The summed E-state index contributed by atoms with van der Waals surface area (Å²) in [6.07, 6.45) is 1.96. The Labute approximate surface area is 114 Å². The molecule has 100 valence electrons. The average Bonchev–Trinajstić information content (AvgIpc) is 2.64. The van der Waals surface area contributed by atoms with Crippen molar-refractivity contribution in [3.05, 3.63) is 15.6 Å².